The fraction of sp³-hybridized carbons (Fsp3) is 0.750. The summed E-state index contributed by atoms with van der Waals surface area (Å²) in [6.07, 6.45) is 1.77. The molecule has 2 heterocycles. The molecule has 2 rings (SSSR count). The minimum Gasteiger partial charge on any atom is -0.481 e. The highest BCUT2D eigenvalue weighted by atomic mass is 32.2. The van der Waals surface area contributed by atoms with Crippen molar-refractivity contribution in [3.63, 3.8) is 0 Å². The fourth-order valence-electron chi connectivity index (χ4n) is 2.29. The van der Waals surface area contributed by atoms with Crippen LogP contribution in [0.25, 0.3) is 0 Å². The monoisotopic (exact) mass is 284 g/mol. The molecule has 1 aliphatic heterocycles. The van der Waals surface area contributed by atoms with Crippen LogP contribution in [0.2, 0.25) is 0 Å². The van der Waals surface area contributed by atoms with Crippen molar-refractivity contribution < 1.29 is 9.90 Å². The highest BCUT2D eigenvalue weighted by Crippen LogP contribution is 2.21. The van der Waals surface area contributed by atoms with Crippen LogP contribution in [0.3, 0.4) is 0 Å². The van der Waals surface area contributed by atoms with Gasteiger partial charge in [0.1, 0.15) is 12.2 Å². The predicted molar refractivity (Wildman–Crippen MR) is 74.2 cm³/mol. The number of hydrogen-bond donors (Lipinski definition) is 1. The molecule has 0 bridgehead atoms. The Kier molecular flexibility index (Phi) is 4.81. The molecule has 0 radical (unpaired) electrons. The van der Waals surface area contributed by atoms with E-state index in [0.717, 1.165) is 23.9 Å². The zero-order valence-corrected chi connectivity index (χ0v) is 12.1. The maximum Gasteiger partial charge on any atom is 0.304 e. The molecule has 0 aromatic carbocycles. The molecule has 1 N–H and O–H groups in total. The van der Waals surface area contributed by atoms with Crippen LogP contribution in [-0.4, -0.2) is 54.8 Å². The number of hydrogen-bond acceptors (Lipinski definition) is 5. The number of thioether (sulfide) groups is 1. The summed E-state index contributed by atoms with van der Waals surface area (Å²) >= 11 is 1.82. The minimum absolute atomic E-state index is 0.0913. The standard InChI is InChI=1S/C12H20N4O2S/c1-9(2)16-11(13-8-14-16)6-15-3-4-19-7-10(15)5-12(17)18/h8-10H,3-7H2,1-2H3,(H,17,18). The number of rotatable bonds is 5. The van der Waals surface area contributed by atoms with Gasteiger partial charge in [0.15, 0.2) is 0 Å². The summed E-state index contributed by atoms with van der Waals surface area (Å²) in [6.45, 7) is 5.72. The van der Waals surface area contributed by atoms with Crippen molar-refractivity contribution in [1.29, 1.82) is 0 Å². The topological polar surface area (TPSA) is 71.2 Å². The molecule has 6 nitrogen and oxygen atoms in total. The van der Waals surface area contributed by atoms with E-state index in [0.29, 0.717) is 6.54 Å². The van der Waals surface area contributed by atoms with Crippen molar-refractivity contribution in [1.82, 2.24) is 19.7 Å². The molecule has 1 atom stereocenters. The lowest BCUT2D eigenvalue weighted by atomic mass is 10.2. The second kappa shape index (κ2) is 6.38. The number of carboxylic acid groups (broad SMARTS) is 1. The second-order valence-electron chi connectivity index (χ2n) is 5.01. The van der Waals surface area contributed by atoms with E-state index in [2.05, 4.69) is 28.8 Å². The molecule has 19 heavy (non-hydrogen) atoms. The number of carbonyl (C=O) groups is 1. The van der Waals surface area contributed by atoms with Crippen LogP contribution in [0, 0.1) is 0 Å². The third kappa shape index (κ3) is 3.70. The van der Waals surface area contributed by atoms with Crippen LogP contribution in [0.1, 0.15) is 32.1 Å². The number of carboxylic acids is 1. The van der Waals surface area contributed by atoms with E-state index in [1.807, 2.05) is 16.4 Å². The molecule has 0 aliphatic carbocycles. The van der Waals surface area contributed by atoms with Crippen molar-refractivity contribution in [2.24, 2.45) is 0 Å². The fourth-order valence-corrected chi connectivity index (χ4v) is 3.42. The molecular formula is C12H20N4O2S. The third-order valence-electron chi connectivity index (χ3n) is 3.24. The summed E-state index contributed by atoms with van der Waals surface area (Å²) in [7, 11) is 0. The van der Waals surface area contributed by atoms with Crippen LogP contribution < -0.4 is 0 Å². The third-order valence-corrected chi connectivity index (χ3v) is 4.33. The molecule has 1 aliphatic rings. The number of nitrogens with zero attached hydrogens (tertiary/aromatic N) is 4. The van der Waals surface area contributed by atoms with E-state index in [9.17, 15) is 4.79 Å². The van der Waals surface area contributed by atoms with Gasteiger partial charge in [-0.2, -0.15) is 16.9 Å². The molecule has 1 fully saturated rings. The van der Waals surface area contributed by atoms with E-state index < -0.39 is 5.97 Å². The molecule has 1 aromatic heterocycles. The van der Waals surface area contributed by atoms with E-state index in [4.69, 9.17) is 5.11 Å². The van der Waals surface area contributed by atoms with E-state index in [-0.39, 0.29) is 18.5 Å². The minimum atomic E-state index is -0.733. The zero-order chi connectivity index (χ0) is 13.8. The van der Waals surface area contributed by atoms with Gasteiger partial charge in [-0.25, -0.2) is 9.67 Å². The Morgan fingerprint density at radius 2 is 2.42 bits per heavy atom. The maximum absolute atomic E-state index is 10.9. The first-order valence-corrected chi connectivity index (χ1v) is 7.65. The predicted octanol–water partition coefficient (Wildman–Crippen LogP) is 1.25. The van der Waals surface area contributed by atoms with Gasteiger partial charge in [-0.05, 0) is 13.8 Å². The van der Waals surface area contributed by atoms with Gasteiger partial charge in [0.05, 0.1) is 13.0 Å². The van der Waals surface area contributed by atoms with Gasteiger partial charge in [0.2, 0.25) is 0 Å². The summed E-state index contributed by atoms with van der Waals surface area (Å²) in [5.74, 6) is 2.11. The first-order chi connectivity index (χ1) is 9.08. The molecule has 0 saturated carbocycles. The molecule has 1 aromatic rings. The van der Waals surface area contributed by atoms with Gasteiger partial charge in [-0.15, -0.1) is 0 Å². The van der Waals surface area contributed by atoms with Crippen molar-refractivity contribution >= 4 is 17.7 Å². The first-order valence-electron chi connectivity index (χ1n) is 6.50. The molecule has 7 heteroatoms. The Hall–Kier alpha value is -1.08. The lowest BCUT2D eigenvalue weighted by molar-refractivity contribution is -0.138. The Labute approximate surface area is 117 Å². The van der Waals surface area contributed by atoms with Gasteiger partial charge in [0, 0.05) is 30.1 Å². The Morgan fingerprint density at radius 1 is 1.63 bits per heavy atom. The van der Waals surface area contributed by atoms with Gasteiger partial charge >= 0.3 is 5.97 Å². The highest BCUT2D eigenvalue weighted by molar-refractivity contribution is 7.99. The number of aliphatic carboxylic acids is 1. The van der Waals surface area contributed by atoms with Crippen molar-refractivity contribution in [3.05, 3.63) is 12.2 Å². The summed E-state index contributed by atoms with van der Waals surface area (Å²) in [5.41, 5.74) is 0. The summed E-state index contributed by atoms with van der Waals surface area (Å²) in [5, 5.41) is 13.2. The Morgan fingerprint density at radius 3 is 3.11 bits per heavy atom. The lowest BCUT2D eigenvalue weighted by Gasteiger charge is -2.34. The molecule has 106 valence electrons. The molecule has 1 saturated heterocycles. The SMILES string of the molecule is CC(C)n1ncnc1CN1CCSCC1CC(=O)O. The second-order valence-corrected chi connectivity index (χ2v) is 6.16. The average molecular weight is 284 g/mol. The van der Waals surface area contributed by atoms with Crippen molar-refractivity contribution in [2.45, 2.75) is 38.9 Å². The summed E-state index contributed by atoms with van der Waals surface area (Å²) in [6, 6.07) is 0.364. The summed E-state index contributed by atoms with van der Waals surface area (Å²) < 4.78 is 1.90. The smallest absolute Gasteiger partial charge is 0.304 e. The Bertz CT molecular complexity index is 435. The number of aromatic nitrogens is 3. The normalized spacial score (nSPS) is 20.9. The summed E-state index contributed by atoms with van der Waals surface area (Å²) in [4.78, 5) is 17.4. The van der Waals surface area contributed by atoms with E-state index in [1.165, 1.54) is 0 Å². The van der Waals surface area contributed by atoms with Crippen LogP contribution in [0.5, 0.6) is 0 Å². The average Bonchev–Trinajstić information content (AvgIpc) is 2.79. The lowest BCUT2D eigenvalue weighted by Crippen LogP contribution is -2.43. The Balaban J connectivity index is 2.06. The van der Waals surface area contributed by atoms with Crippen molar-refractivity contribution in [2.75, 3.05) is 18.1 Å². The van der Waals surface area contributed by atoms with Gasteiger partial charge in [0.25, 0.3) is 0 Å². The molecule has 0 spiro atoms. The van der Waals surface area contributed by atoms with Crippen LogP contribution in [-0.2, 0) is 11.3 Å². The van der Waals surface area contributed by atoms with E-state index in [1.54, 1.807) is 6.33 Å². The van der Waals surface area contributed by atoms with Crippen molar-refractivity contribution in [3.8, 4) is 0 Å². The molecule has 0 amide bonds. The zero-order valence-electron chi connectivity index (χ0n) is 11.3. The van der Waals surface area contributed by atoms with Gasteiger partial charge in [-0.3, -0.25) is 9.69 Å². The van der Waals surface area contributed by atoms with E-state index >= 15 is 0 Å². The largest absolute Gasteiger partial charge is 0.481 e. The van der Waals surface area contributed by atoms with Crippen LogP contribution in [0.15, 0.2) is 6.33 Å². The van der Waals surface area contributed by atoms with Gasteiger partial charge < -0.3 is 5.11 Å². The van der Waals surface area contributed by atoms with Crippen LogP contribution in [0.4, 0.5) is 0 Å². The molecule has 1 unspecified atom stereocenters. The quantitative estimate of drug-likeness (QED) is 0.877. The van der Waals surface area contributed by atoms with Crippen LogP contribution >= 0.6 is 11.8 Å². The first kappa shape index (κ1) is 14.3. The maximum atomic E-state index is 10.9. The highest BCUT2D eigenvalue weighted by Gasteiger charge is 2.26. The molecular weight excluding hydrogens is 264 g/mol. The van der Waals surface area contributed by atoms with Gasteiger partial charge in [-0.1, -0.05) is 0 Å².